The Bertz CT molecular complexity index is 379. The molecule has 100 valence electrons. The minimum absolute atomic E-state index is 0.425. The summed E-state index contributed by atoms with van der Waals surface area (Å²) in [6.45, 7) is 3.73. The van der Waals surface area contributed by atoms with E-state index in [1.54, 1.807) is 0 Å². The van der Waals surface area contributed by atoms with Gasteiger partial charge in [-0.1, -0.05) is 6.92 Å². The summed E-state index contributed by atoms with van der Waals surface area (Å²) in [5.74, 6) is 7.75. The fourth-order valence-corrected chi connectivity index (χ4v) is 2.03. The zero-order valence-electron chi connectivity index (χ0n) is 10.8. The van der Waals surface area contributed by atoms with Crippen LogP contribution in [0.25, 0.3) is 0 Å². The average Bonchev–Trinajstić information content (AvgIpc) is 2.40. The molecular weight excluding hydrogens is 230 g/mol. The van der Waals surface area contributed by atoms with E-state index in [4.69, 9.17) is 10.6 Å². The monoisotopic (exact) mass is 251 g/mol. The lowest BCUT2D eigenvalue weighted by Crippen LogP contribution is -2.28. The van der Waals surface area contributed by atoms with Crippen molar-refractivity contribution in [2.24, 2.45) is 5.84 Å². The van der Waals surface area contributed by atoms with Gasteiger partial charge in [0, 0.05) is 31.7 Å². The molecule has 18 heavy (non-hydrogen) atoms. The van der Waals surface area contributed by atoms with Crippen molar-refractivity contribution >= 4 is 11.6 Å². The van der Waals surface area contributed by atoms with Gasteiger partial charge < -0.3 is 15.5 Å². The van der Waals surface area contributed by atoms with Crippen molar-refractivity contribution in [2.45, 2.75) is 38.6 Å². The Morgan fingerprint density at radius 2 is 2.06 bits per heavy atom. The summed E-state index contributed by atoms with van der Waals surface area (Å²) in [4.78, 5) is 8.83. The zero-order valence-corrected chi connectivity index (χ0v) is 10.8. The molecule has 1 aliphatic rings. The Balaban J connectivity index is 2.07. The first-order chi connectivity index (χ1) is 8.81. The third-order valence-electron chi connectivity index (χ3n) is 2.97. The van der Waals surface area contributed by atoms with E-state index in [2.05, 4.69) is 27.6 Å². The molecule has 2 heterocycles. The number of nitrogen functional groups attached to an aromatic ring is 1. The third kappa shape index (κ3) is 3.54. The van der Waals surface area contributed by atoms with E-state index in [9.17, 15) is 0 Å². The van der Waals surface area contributed by atoms with Crippen LogP contribution in [0.4, 0.5) is 11.6 Å². The Hall–Kier alpha value is -1.40. The van der Waals surface area contributed by atoms with E-state index in [0.29, 0.717) is 11.9 Å². The molecule has 0 amide bonds. The summed E-state index contributed by atoms with van der Waals surface area (Å²) in [6.07, 6.45) is 3.90. The molecule has 1 aromatic rings. The van der Waals surface area contributed by atoms with Crippen LogP contribution in [0.15, 0.2) is 6.07 Å². The van der Waals surface area contributed by atoms with Crippen LogP contribution in [0.2, 0.25) is 0 Å². The van der Waals surface area contributed by atoms with Crippen LogP contribution in [0.1, 0.15) is 32.0 Å². The van der Waals surface area contributed by atoms with Gasteiger partial charge in [0.2, 0.25) is 0 Å². The summed E-state index contributed by atoms with van der Waals surface area (Å²) in [6, 6.07) is 2.27. The number of aromatic nitrogens is 2. The Labute approximate surface area is 107 Å². The second kappa shape index (κ2) is 6.51. The molecule has 0 radical (unpaired) electrons. The normalized spacial score (nSPS) is 16.6. The summed E-state index contributed by atoms with van der Waals surface area (Å²) in [5.41, 5.74) is 2.59. The van der Waals surface area contributed by atoms with Crippen LogP contribution >= 0.6 is 0 Å². The lowest BCUT2D eigenvalue weighted by molar-refractivity contribution is 0.0904. The molecule has 0 saturated carbocycles. The highest BCUT2D eigenvalue weighted by molar-refractivity contribution is 5.47. The largest absolute Gasteiger partial charge is 0.381 e. The summed E-state index contributed by atoms with van der Waals surface area (Å²) in [7, 11) is 0. The highest BCUT2D eigenvalue weighted by Gasteiger charge is 2.14. The number of nitrogens with zero attached hydrogens (tertiary/aromatic N) is 2. The first kappa shape index (κ1) is 13.0. The quantitative estimate of drug-likeness (QED) is 0.540. The smallest absolute Gasteiger partial charge is 0.145 e. The number of hydrogen-bond acceptors (Lipinski definition) is 6. The van der Waals surface area contributed by atoms with Crippen LogP contribution in [0.5, 0.6) is 0 Å². The number of ether oxygens (including phenoxy) is 1. The van der Waals surface area contributed by atoms with Gasteiger partial charge in [0.05, 0.1) is 0 Å². The first-order valence-electron chi connectivity index (χ1n) is 6.50. The molecule has 1 aliphatic heterocycles. The molecule has 0 aromatic carbocycles. The van der Waals surface area contributed by atoms with Gasteiger partial charge in [0.15, 0.2) is 0 Å². The Morgan fingerprint density at radius 1 is 1.33 bits per heavy atom. The van der Waals surface area contributed by atoms with Crippen LogP contribution in [-0.2, 0) is 11.2 Å². The van der Waals surface area contributed by atoms with Gasteiger partial charge in [-0.05, 0) is 19.3 Å². The molecule has 2 rings (SSSR count). The van der Waals surface area contributed by atoms with Crippen molar-refractivity contribution in [3.05, 3.63) is 11.9 Å². The first-order valence-corrected chi connectivity index (χ1v) is 6.50. The molecule has 1 aromatic heterocycles. The van der Waals surface area contributed by atoms with Gasteiger partial charge in [-0.25, -0.2) is 15.8 Å². The number of hydrazine groups is 1. The van der Waals surface area contributed by atoms with E-state index in [1.165, 1.54) is 0 Å². The fraction of sp³-hybridized carbons (Fsp3) is 0.667. The number of aryl methyl sites for hydroxylation is 1. The van der Waals surface area contributed by atoms with Crippen LogP contribution in [0, 0.1) is 0 Å². The van der Waals surface area contributed by atoms with E-state index in [0.717, 1.165) is 50.5 Å². The maximum atomic E-state index is 5.43. The number of nitrogens with two attached hydrogens (primary N) is 1. The van der Waals surface area contributed by atoms with Gasteiger partial charge in [-0.15, -0.1) is 0 Å². The molecule has 4 N–H and O–H groups in total. The highest BCUT2D eigenvalue weighted by Crippen LogP contribution is 2.16. The number of nitrogens with one attached hydrogen (secondary N) is 2. The molecule has 0 atom stereocenters. The maximum absolute atomic E-state index is 5.43. The summed E-state index contributed by atoms with van der Waals surface area (Å²) >= 11 is 0. The molecule has 0 aliphatic carbocycles. The van der Waals surface area contributed by atoms with Crippen molar-refractivity contribution in [1.82, 2.24) is 9.97 Å². The van der Waals surface area contributed by atoms with Crippen molar-refractivity contribution in [3.8, 4) is 0 Å². The molecule has 6 nitrogen and oxygen atoms in total. The molecule has 1 saturated heterocycles. The number of rotatable bonds is 5. The molecule has 0 spiro atoms. The van der Waals surface area contributed by atoms with E-state index < -0.39 is 0 Å². The Kier molecular flexibility index (Phi) is 4.72. The van der Waals surface area contributed by atoms with Gasteiger partial charge in [-0.2, -0.15) is 0 Å². The fourth-order valence-electron chi connectivity index (χ4n) is 2.03. The predicted octanol–water partition coefficient (Wildman–Crippen LogP) is 1.31. The van der Waals surface area contributed by atoms with Crippen molar-refractivity contribution in [1.29, 1.82) is 0 Å². The SMILES string of the molecule is CCCc1nc(NN)cc(NC2CCOCC2)n1. The molecule has 1 fully saturated rings. The van der Waals surface area contributed by atoms with Crippen molar-refractivity contribution < 1.29 is 4.74 Å². The molecular formula is C12H21N5O. The lowest BCUT2D eigenvalue weighted by atomic mass is 10.1. The van der Waals surface area contributed by atoms with E-state index in [-0.39, 0.29) is 0 Å². The highest BCUT2D eigenvalue weighted by atomic mass is 16.5. The second-order valence-corrected chi connectivity index (χ2v) is 4.48. The van der Waals surface area contributed by atoms with Gasteiger partial charge in [-0.3, -0.25) is 0 Å². The van der Waals surface area contributed by atoms with Crippen molar-refractivity contribution in [3.63, 3.8) is 0 Å². The average molecular weight is 251 g/mol. The zero-order chi connectivity index (χ0) is 12.8. The lowest BCUT2D eigenvalue weighted by Gasteiger charge is -2.23. The van der Waals surface area contributed by atoms with Crippen molar-refractivity contribution in [2.75, 3.05) is 24.0 Å². The summed E-state index contributed by atoms with van der Waals surface area (Å²) < 4.78 is 5.34. The van der Waals surface area contributed by atoms with Crippen LogP contribution in [0.3, 0.4) is 0 Å². The molecule has 0 unspecified atom stereocenters. The standard InChI is InChI=1S/C12H21N5O/c1-2-3-10-15-11(8-12(16-10)17-13)14-9-4-6-18-7-5-9/h8-9H,2-7,13H2,1H3,(H2,14,15,16,17). The Morgan fingerprint density at radius 3 is 2.72 bits per heavy atom. The predicted molar refractivity (Wildman–Crippen MR) is 71.3 cm³/mol. The van der Waals surface area contributed by atoms with Gasteiger partial charge >= 0.3 is 0 Å². The van der Waals surface area contributed by atoms with Gasteiger partial charge in [0.25, 0.3) is 0 Å². The molecule has 6 heteroatoms. The maximum Gasteiger partial charge on any atom is 0.145 e. The number of anilines is 2. The topological polar surface area (TPSA) is 85.1 Å². The van der Waals surface area contributed by atoms with Crippen LogP contribution in [-0.4, -0.2) is 29.2 Å². The third-order valence-corrected chi connectivity index (χ3v) is 2.97. The number of hydrogen-bond donors (Lipinski definition) is 3. The van der Waals surface area contributed by atoms with Gasteiger partial charge in [0.1, 0.15) is 17.5 Å². The van der Waals surface area contributed by atoms with E-state index in [1.807, 2.05) is 6.07 Å². The molecule has 0 bridgehead atoms. The minimum Gasteiger partial charge on any atom is -0.381 e. The second-order valence-electron chi connectivity index (χ2n) is 4.48. The van der Waals surface area contributed by atoms with E-state index >= 15 is 0 Å². The summed E-state index contributed by atoms with van der Waals surface area (Å²) in [5, 5.41) is 3.43. The van der Waals surface area contributed by atoms with Crippen LogP contribution < -0.4 is 16.6 Å². The minimum atomic E-state index is 0.425.